The van der Waals surface area contributed by atoms with Crippen LogP contribution in [0.3, 0.4) is 0 Å². The molecule has 1 saturated carbocycles. The molecule has 0 aromatic heterocycles. The average molecular weight is 380 g/mol. The Kier molecular flexibility index (Phi) is 8.02. The lowest BCUT2D eigenvalue weighted by Crippen LogP contribution is -2.45. The molecule has 27 heavy (non-hydrogen) atoms. The molecule has 6 heteroatoms. The van der Waals surface area contributed by atoms with Gasteiger partial charge in [-0.25, -0.2) is 0 Å². The minimum Gasteiger partial charge on any atom is -0.465 e. The maximum atomic E-state index is 12.8. The van der Waals surface area contributed by atoms with E-state index in [4.69, 9.17) is 14.2 Å². The molecule has 0 N–H and O–H groups in total. The van der Waals surface area contributed by atoms with E-state index in [0.29, 0.717) is 6.29 Å². The molecule has 1 atom stereocenters. The van der Waals surface area contributed by atoms with Crippen LogP contribution in [-0.2, 0) is 28.6 Å². The summed E-state index contributed by atoms with van der Waals surface area (Å²) >= 11 is 0. The zero-order valence-corrected chi connectivity index (χ0v) is 16.5. The van der Waals surface area contributed by atoms with Gasteiger partial charge in [-0.1, -0.05) is 25.3 Å². The van der Waals surface area contributed by atoms with Gasteiger partial charge in [-0.05, 0) is 52.0 Å². The first kappa shape index (κ1) is 21.6. The second kappa shape index (κ2) is 10.0. The molecule has 2 rings (SSSR count). The zero-order valence-electron chi connectivity index (χ0n) is 16.5. The fraction of sp³-hybridized carbons (Fsp3) is 0.762. The molecular formula is C21H32O6. The van der Waals surface area contributed by atoms with Crippen molar-refractivity contribution in [3.05, 3.63) is 12.2 Å². The van der Waals surface area contributed by atoms with Gasteiger partial charge < -0.3 is 14.2 Å². The lowest BCUT2D eigenvalue weighted by atomic mass is 9.78. The Morgan fingerprint density at radius 3 is 2.26 bits per heavy atom. The molecule has 152 valence electrons. The third kappa shape index (κ3) is 5.18. The Morgan fingerprint density at radius 2 is 1.70 bits per heavy atom. The smallest absolute Gasteiger partial charge is 0.323 e. The average Bonchev–Trinajstić information content (AvgIpc) is 3.03. The molecule has 0 radical (unpaired) electrons. The number of hydrogen-bond acceptors (Lipinski definition) is 6. The number of carbonyl (C=O) groups is 3. The van der Waals surface area contributed by atoms with E-state index in [-0.39, 0.29) is 37.8 Å². The summed E-state index contributed by atoms with van der Waals surface area (Å²) in [4.78, 5) is 36.3. The number of carbonyl (C=O) groups excluding carboxylic acids is 3. The highest BCUT2D eigenvalue weighted by Crippen LogP contribution is 2.45. The van der Waals surface area contributed by atoms with Crippen molar-refractivity contribution in [3.8, 4) is 0 Å². The summed E-state index contributed by atoms with van der Waals surface area (Å²) in [5, 5.41) is 0. The van der Waals surface area contributed by atoms with Gasteiger partial charge in [-0.2, -0.15) is 0 Å². The quantitative estimate of drug-likeness (QED) is 0.264. The number of rotatable bonds is 9. The minimum atomic E-state index is -1.48. The molecule has 0 amide bonds. The van der Waals surface area contributed by atoms with Crippen LogP contribution in [0.5, 0.6) is 0 Å². The van der Waals surface area contributed by atoms with E-state index in [1.807, 2.05) is 0 Å². The van der Waals surface area contributed by atoms with Crippen LogP contribution < -0.4 is 0 Å². The third-order valence-electron chi connectivity index (χ3n) is 5.69. The summed E-state index contributed by atoms with van der Waals surface area (Å²) in [5.41, 5.74) is -1.58. The van der Waals surface area contributed by atoms with Gasteiger partial charge in [0, 0.05) is 6.42 Å². The standard InChI is InChI=1S/C21H32O6/c1-3-25-18(23)21(13-8-9-15-22,19(24)26-4-2)16-17-10-14-20(27-17)11-6-5-7-12-20/h8-9,15,17H,3-7,10-14,16H2,1-2H3/b9-8+. The Labute approximate surface area is 161 Å². The molecule has 1 spiro atoms. The van der Waals surface area contributed by atoms with Gasteiger partial charge in [-0.15, -0.1) is 0 Å². The Bertz CT molecular complexity index is 529. The van der Waals surface area contributed by atoms with Gasteiger partial charge in [-0.3, -0.25) is 14.4 Å². The van der Waals surface area contributed by atoms with Crippen molar-refractivity contribution in [2.75, 3.05) is 13.2 Å². The number of esters is 2. The topological polar surface area (TPSA) is 78.9 Å². The predicted molar refractivity (Wildman–Crippen MR) is 100 cm³/mol. The van der Waals surface area contributed by atoms with Crippen molar-refractivity contribution in [2.24, 2.45) is 5.41 Å². The summed E-state index contributed by atoms with van der Waals surface area (Å²) in [6, 6.07) is 0. The number of ether oxygens (including phenoxy) is 3. The predicted octanol–water partition coefficient (Wildman–Crippen LogP) is 3.52. The highest BCUT2D eigenvalue weighted by atomic mass is 16.6. The Morgan fingerprint density at radius 1 is 1.07 bits per heavy atom. The molecular weight excluding hydrogens is 348 g/mol. The van der Waals surface area contributed by atoms with Crippen molar-refractivity contribution < 1.29 is 28.6 Å². The monoisotopic (exact) mass is 380 g/mol. The molecule has 0 aromatic rings. The molecule has 0 bridgehead atoms. The van der Waals surface area contributed by atoms with Gasteiger partial charge in [0.1, 0.15) is 6.29 Å². The molecule has 6 nitrogen and oxygen atoms in total. The molecule has 1 aliphatic heterocycles. The Balaban J connectivity index is 2.23. The molecule has 1 saturated heterocycles. The van der Waals surface area contributed by atoms with Crippen LogP contribution in [0.1, 0.15) is 71.6 Å². The van der Waals surface area contributed by atoms with Crippen molar-refractivity contribution in [2.45, 2.75) is 83.3 Å². The number of aldehydes is 1. The maximum Gasteiger partial charge on any atom is 0.323 e. The van der Waals surface area contributed by atoms with Gasteiger partial charge >= 0.3 is 11.9 Å². The summed E-state index contributed by atoms with van der Waals surface area (Å²) in [6.45, 7) is 3.76. The van der Waals surface area contributed by atoms with Crippen molar-refractivity contribution in [3.63, 3.8) is 0 Å². The first-order valence-electron chi connectivity index (χ1n) is 10.1. The van der Waals surface area contributed by atoms with Crippen LogP contribution in [0, 0.1) is 5.41 Å². The van der Waals surface area contributed by atoms with E-state index < -0.39 is 17.4 Å². The van der Waals surface area contributed by atoms with Crippen molar-refractivity contribution in [1.29, 1.82) is 0 Å². The normalized spacial score (nSPS) is 22.1. The number of hydrogen-bond donors (Lipinski definition) is 0. The van der Waals surface area contributed by atoms with Gasteiger partial charge in [0.2, 0.25) is 0 Å². The van der Waals surface area contributed by atoms with E-state index in [1.54, 1.807) is 13.8 Å². The SMILES string of the molecule is CCOC(=O)C(C/C=C/C=O)(CC1CCC2(CCCCC2)O1)C(=O)OCC. The largest absolute Gasteiger partial charge is 0.465 e. The van der Waals surface area contributed by atoms with E-state index in [9.17, 15) is 14.4 Å². The summed E-state index contributed by atoms with van der Waals surface area (Å²) in [5.74, 6) is -1.21. The fourth-order valence-corrected chi connectivity index (χ4v) is 4.36. The molecule has 2 aliphatic rings. The van der Waals surface area contributed by atoms with E-state index >= 15 is 0 Å². The van der Waals surface area contributed by atoms with Crippen molar-refractivity contribution in [1.82, 2.24) is 0 Å². The first-order valence-corrected chi connectivity index (χ1v) is 10.1. The highest BCUT2D eigenvalue weighted by Gasteiger charge is 2.52. The highest BCUT2D eigenvalue weighted by molar-refractivity contribution is 6.00. The van der Waals surface area contributed by atoms with Crippen LogP contribution in [0.25, 0.3) is 0 Å². The minimum absolute atomic E-state index is 0.0657. The van der Waals surface area contributed by atoms with Gasteiger partial charge in [0.25, 0.3) is 0 Å². The van der Waals surface area contributed by atoms with Crippen LogP contribution >= 0.6 is 0 Å². The second-order valence-corrected chi connectivity index (χ2v) is 7.52. The summed E-state index contributed by atoms with van der Waals surface area (Å²) < 4.78 is 16.9. The van der Waals surface area contributed by atoms with Crippen LogP contribution in [-0.4, -0.2) is 43.1 Å². The second-order valence-electron chi connectivity index (χ2n) is 7.52. The molecule has 1 aliphatic carbocycles. The maximum absolute atomic E-state index is 12.8. The summed E-state index contributed by atoms with van der Waals surface area (Å²) in [6.07, 6.45) is 11.0. The van der Waals surface area contributed by atoms with E-state index in [0.717, 1.165) is 38.5 Å². The van der Waals surface area contributed by atoms with E-state index in [1.165, 1.54) is 18.6 Å². The Hall–Kier alpha value is -1.69. The van der Waals surface area contributed by atoms with Crippen LogP contribution in [0.4, 0.5) is 0 Å². The molecule has 0 aromatic carbocycles. The number of allylic oxidation sites excluding steroid dienone is 2. The first-order chi connectivity index (χ1) is 13.0. The lowest BCUT2D eigenvalue weighted by molar-refractivity contribution is -0.176. The fourth-order valence-electron chi connectivity index (χ4n) is 4.36. The third-order valence-corrected chi connectivity index (χ3v) is 5.69. The molecule has 1 heterocycles. The van der Waals surface area contributed by atoms with Gasteiger partial charge in [0.15, 0.2) is 5.41 Å². The van der Waals surface area contributed by atoms with E-state index in [2.05, 4.69) is 0 Å². The van der Waals surface area contributed by atoms with Crippen LogP contribution in [0.15, 0.2) is 12.2 Å². The van der Waals surface area contributed by atoms with Crippen molar-refractivity contribution >= 4 is 18.2 Å². The molecule has 1 unspecified atom stereocenters. The van der Waals surface area contributed by atoms with Crippen LogP contribution in [0.2, 0.25) is 0 Å². The summed E-state index contributed by atoms with van der Waals surface area (Å²) in [7, 11) is 0. The zero-order chi connectivity index (χ0) is 19.8. The van der Waals surface area contributed by atoms with Gasteiger partial charge in [0.05, 0.1) is 24.9 Å². The molecule has 2 fully saturated rings. The lowest BCUT2D eigenvalue weighted by Gasteiger charge is -2.35.